The molecule has 0 saturated heterocycles. The van der Waals surface area contributed by atoms with Crippen LogP contribution in [-0.4, -0.2) is 64.1 Å². The molecule has 4 fully saturated rings. The molecule has 0 bridgehead atoms. The first-order valence-electron chi connectivity index (χ1n) is 14.8. The van der Waals surface area contributed by atoms with E-state index in [2.05, 4.69) is 13.8 Å². The molecule has 4 aliphatic rings. The van der Waals surface area contributed by atoms with Crippen molar-refractivity contribution in [1.82, 2.24) is 0 Å². The number of aliphatic hydroxyl groups excluding tert-OH is 3. The van der Waals surface area contributed by atoms with E-state index >= 15 is 0 Å². The highest BCUT2D eigenvalue weighted by atomic mass is 16.6. The minimum absolute atomic E-state index is 0.0365. The Balaban J connectivity index is 1.65. The zero-order chi connectivity index (χ0) is 29.1. The number of hydrogen-bond acceptors (Lipinski definition) is 8. The molecule has 8 nitrogen and oxygen atoms in total. The Labute approximate surface area is 232 Å². The fraction of sp³-hybridized carbons (Fsp3) is 0.871. The Hall–Kier alpha value is -1.64. The minimum Gasteiger partial charge on any atom is -0.460 e. The first kappa shape index (κ1) is 30.3. The van der Waals surface area contributed by atoms with Gasteiger partial charge in [-0.15, -0.1) is 0 Å². The normalized spacial score (nSPS) is 45.7. The Bertz CT molecular complexity index is 964. The molecule has 0 heterocycles. The van der Waals surface area contributed by atoms with Crippen LogP contribution in [0.25, 0.3) is 0 Å². The maximum absolute atomic E-state index is 12.7. The van der Waals surface area contributed by atoms with E-state index in [4.69, 9.17) is 4.74 Å². The molecule has 3 N–H and O–H groups in total. The van der Waals surface area contributed by atoms with Gasteiger partial charge in [0.15, 0.2) is 0 Å². The van der Waals surface area contributed by atoms with Gasteiger partial charge in [0.2, 0.25) is 0 Å². The molecule has 4 saturated carbocycles. The van der Waals surface area contributed by atoms with Gasteiger partial charge in [0, 0.05) is 6.42 Å². The van der Waals surface area contributed by atoms with Gasteiger partial charge in [-0.3, -0.25) is 4.79 Å². The topological polar surface area (TPSA) is 138 Å². The number of fused-ring (bicyclic) bond motifs is 5. The number of rotatable bonds is 7. The van der Waals surface area contributed by atoms with Crippen LogP contribution < -0.4 is 0 Å². The molecule has 39 heavy (non-hydrogen) atoms. The first-order chi connectivity index (χ1) is 18.1. The van der Waals surface area contributed by atoms with Crippen LogP contribution in [0.2, 0.25) is 0 Å². The monoisotopic (exact) mass is 548 g/mol. The zero-order valence-corrected chi connectivity index (χ0v) is 24.3. The lowest BCUT2D eigenvalue weighted by Crippen LogP contribution is -2.70. The molecule has 12 unspecified atom stereocenters. The number of hydrogen-bond donors (Lipinski definition) is 3. The summed E-state index contributed by atoms with van der Waals surface area (Å²) < 4.78 is 5.50. The lowest BCUT2D eigenvalue weighted by atomic mass is 9.36. The number of esters is 1. The van der Waals surface area contributed by atoms with Gasteiger partial charge in [0.25, 0.3) is 0 Å². The minimum atomic E-state index is -1.72. The summed E-state index contributed by atoms with van der Waals surface area (Å²) in [5, 5.41) is 34.2. The summed E-state index contributed by atoms with van der Waals surface area (Å²) in [6, 6.07) is 0. The lowest BCUT2D eigenvalue weighted by Gasteiger charge is -2.67. The van der Waals surface area contributed by atoms with E-state index in [-0.39, 0.29) is 47.9 Å². The summed E-state index contributed by atoms with van der Waals surface area (Å²) in [6.07, 6.45) is 2.54. The SMILES string of the molecule is CC(CCC(=O)OC(C)(C)C)C1CCC2C3C(O)CC4CC(O)C(C=O)C(C=O)(C=O)C4(C)C3CC(O)C12C. The summed E-state index contributed by atoms with van der Waals surface area (Å²) in [5.74, 6) is -2.08. The molecule has 8 heteroatoms. The van der Waals surface area contributed by atoms with E-state index in [1.54, 1.807) is 0 Å². The van der Waals surface area contributed by atoms with Gasteiger partial charge in [-0.1, -0.05) is 20.8 Å². The van der Waals surface area contributed by atoms with Crippen molar-refractivity contribution >= 4 is 24.8 Å². The highest BCUT2D eigenvalue weighted by Crippen LogP contribution is 2.71. The van der Waals surface area contributed by atoms with Crippen LogP contribution in [0.3, 0.4) is 0 Å². The number of ether oxygens (including phenoxy) is 1. The van der Waals surface area contributed by atoms with Crippen LogP contribution in [0.1, 0.15) is 86.5 Å². The maximum Gasteiger partial charge on any atom is 0.306 e. The molecule has 0 aromatic rings. The summed E-state index contributed by atoms with van der Waals surface area (Å²) >= 11 is 0. The number of carbonyl (C=O) groups is 4. The van der Waals surface area contributed by atoms with Crippen LogP contribution >= 0.6 is 0 Å². The molecule has 4 aliphatic carbocycles. The molecule has 0 spiro atoms. The van der Waals surface area contributed by atoms with Crippen molar-refractivity contribution in [1.29, 1.82) is 0 Å². The third-order valence-corrected chi connectivity index (χ3v) is 12.0. The van der Waals surface area contributed by atoms with E-state index in [0.717, 1.165) is 12.8 Å². The summed E-state index contributed by atoms with van der Waals surface area (Å²) in [5.41, 5.74) is -3.73. The Kier molecular flexibility index (Phi) is 8.03. The third kappa shape index (κ3) is 4.44. The third-order valence-electron chi connectivity index (χ3n) is 12.0. The van der Waals surface area contributed by atoms with Crippen molar-refractivity contribution in [2.75, 3.05) is 0 Å². The van der Waals surface area contributed by atoms with Crippen LogP contribution in [0.15, 0.2) is 0 Å². The molecule has 0 amide bonds. The molecule has 220 valence electrons. The second kappa shape index (κ2) is 10.3. The van der Waals surface area contributed by atoms with E-state index < -0.39 is 46.1 Å². The second-order valence-electron chi connectivity index (χ2n) is 14.6. The average Bonchev–Trinajstić information content (AvgIpc) is 3.21. The first-order valence-corrected chi connectivity index (χ1v) is 14.8. The van der Waals surface area contributed by atoms with E-state index in [0.29, 0.717) is 44.5 Å². The fourth-order valence-corrected chi connectivity index (χ4v) is 10.1. The summed E-state index contributed by atoms with van der Waals surface area (Å²) in [4.78, 5) is 49.9. The highest BCUT2D eigenvalue weighted by Gasteiger charge is 2.72. The van der Waals surface area contributed by atoms with E-state index in [1.165, 1.54) is 0 Å². The van der Waals surface area contributed by atoms with Gasteiger partial charge < -0.3 is 34.4 Å². The van der Waals surface area contributed by atoms with Crippen molar-refractivity contribution in [2.45, 2.75) is 110 Å². The van der Waals surface area contributed by atoms with Crippen LogP contribution in [-0.2, 0) is 23.9 Å². The smallest absolute Gasteiger partial charge is 0.306 e. The molecule has 0 aromatic carbocycles. The van der Waals surface area contributed by atoms with Crippen molar-refractivity contribution < 1.29 is 39.2 Å². The average molecular weight is 549 g/mol. The quantitative estimate of drug-likeness (QED) is 0.251. The fourth-order valence-electron chi connectivity index (χ4n) is 10.1. The number of aldehydes is 3. The van der Waals surface area contributed by atoms with Gasteiger partial charge in [-0.2, -0.15) is 0 Å². The van der Waals surface area contributed by atoms with E-state index in [1.807, 2.05) is 27.7 Å². The van der Waals surface area contributed by atoms with Gasteiger partial charge >= 0.3 is 5.97 Å². The second-order valence-corrected chi connectivity index (χ2v) is 14.6. The van der Waals surface area contributed by atoms with Gasteiger partial charge in [0.05, 0.1) is 29.6 Å². The molecular weight excluding hydrogens is 500 g/mol. The molecular formula is C31H48O8. The van der Waals surface area contributed by atoms with Crippen LogP contribution in [0.4, 0.5) is 0 Å². The predicted octanol–water partition coefficient (Wildman–Crippen LogP) is 3.12. The largest absolute Gasteiger partial charge is 0.460 e. The van der Waals surface area contributed by atoms with Gasteiger partial charge in [-0.25, -0.2) is 0 Å². The standard InChI is InChI=1S/C31H48O8/c1-17(7-10-26(38)39-28(2,3)4)19-8-9-20-27-21(13-25(37)29(19,20)5)30(6)18(12-24(27)36)11-23(35)22(14-32)31(30,15-33)16-34/h14-25,27,35-37H,7-13H2,1-6H3. The van der Waals surface area contributed by atoms with Gasteiger partial charge in [-0.05, 0) is 106 Å². The maximum atomic E-state index is 12.7. The van der Waals surface area contributed by atoms with Crippen molar-refractivity contribution in [3.05, 3.63) is 0 Å². The molecule has 0 radical (unpaired) electrons. The molecule has 12 atom stereocenters. The molecule has 0 aliphatic heterocycles. The number of aliphatic hydroxyl groups is 3. The van der Waals surface area contributed by atoms with E-state index in [9.17, 15) is 34.5 Å². The predicted molar refractivity (Wildman–Crippen MR) is 143 cm³/mol. The Morgan fingerprint density at radius 3 is 2.15 bits per heavy atom. The number of carbonyl (C=O) groups excluding carboxylic acids is 4. The summed E-state index contributed by atoms with van der Waals surface area (Å²) in [7, 11) is 0. The zero-order valence-electron chi connectivity index (χ0n) is 24.3. The lowest BCUT2D eigenvalue weighted by molar-refractivity contribution is -0.243. The van der Waals surface area contributed by atoms with Crippen molar-refractivity contribution in [3.63, 3.8) is 0 Å². The molecule has 0 aromatic heterocycles. The highest BCUT2D eigenvalue weighted by molar-refractivity contribution is 5.90. The summed E-state index contributed by atoms with van der Waals surface area (Å²) in [6.45, 7) is 11.6. The van der Waals surface area contributed by atoms with Crippen LogP contribution in [0.5, 0.6) is 0 Å². The Morgan fingerprint density at radius 1 is 0.974 bits per heavy atom. The van der Waals surface area contributed by atoms with Crippen molar-refractivity contribution in [3.8, 4) is 0 Å². The molecule has 4 rings (SSSR count). The van der Waals surface area contributed by atoms with Crippen molar-refractivity contribution in [2.24, 2.45) is 57.7 Å². The van der Waals surface area contributed by atoms with Gasteiger partial charge in [0.1, 0.15) is 24.5 Å². The Morgan fingerprint density at radius 2 is 1.59 bits per heavy atom. The van der Waals surface area contributed by atoms with Crippen LogP contribution in [0, 0.1) is 57.7 Å².